The minimum absolute atomic E-state index is 0.0659. The third kappa shape index (κ3) is 2.76. The molecule has 0 atom stereocenters. The molecule has 7 heteroatoms. The SMILES string of the molecule is CCc1ccnc(NS(=O)(=O)c2c(C)noc2C)c1. The Balaban J connectivity index is 2.36. The van der Waals surface area contributed by atoms with E-state index in [1.54, 1.807) is 26.1 Å². The summed E-state index contributed by atoms with van der Waals surface area (Å²) >= 11 is 0. The van der Waals surface area contributed by atoms with Gasteiger partial charge in [0.15, 0.2) is 10.7 Å². The van der Waals surface area contributed by atoms with Crippen molar-refractivity contribution in [2.45, 2.75) is 32.1 Å². The van der Waals surface area contributed by atoms with Crippen molar-refractivity contribution in [2.24, 2.45) is 0 Å². The zero-order chi connectivity index (χ0) is 14.0. The third-order valence-electron chi connectivity index (χ3n) is 2.71. The van der Waals surface area contributed by atoms with Crippen molar-refractivity contribution < 1.29 is 12.9 Å². The van der Waals surface area contributed by atoms with Crippen LogP contribution in [-0.4, -0.2) is 18.6 Å². The minimum Gasteiger partial charge on any atom is -0.360 e. The molecule has 0 unspecified atom stereocenters. The summed E-state index contributed by atoms with van der Waals surface area (Å²) in [5, 5.41) is 3.64. The largest absolute Gasteiger partial charge is 0.360 e. The lowest BCUT2D eigenvalue weighted by atomic mass is 10.2. The van der Waals surface area contributed by atoms with Gasteiger partial charge in [0.05, 0.1) is 0 Å². The number of sulfonamides is 1. The number of rotatable bonds is 4. The molecule has 0 aliphatic rings. The number of aromatic nitrogens is 2. The minimum atomic E-state index is -3.73. The van der Waals surface area contributed by atoms with Crippen molar-refractivity contribution in [3.05, 3.63) is 35.3 Å². The number of hydrogen-bond donors (Lipinski definition) is 1. The average molecular weight is 281 g/mol. The van der Waals surface area contributed by atoms with Crippen molar-refractivity contribution in [1.82, 2.24) is 10.1 Å². The van der Waals surface area contributed by atoms with E-state index in [1.165, 1.54) is 0 Å². The highest BCUT2D eigenvalue weighted by atomic mass is 32.2. The summed E-state index contributed by atoms with van der Waals surface area (Å²) in [7, 11) is -3.73. The van der Waals surface area contributed by atoms with Crippen molar-refractivity contribution in [1.29, 1.82) is 0 Å². The van der Waals surface area contributed by atoms with Gasteiger partial charge in [0.25, 0.3) is 10.0 Å². The number of hydrogen-bond acceptors (Lipinski definition) is 5. The molecule has 0 saturated heterocycles. The maximum absolute atomic E-state index is 12.3. The molecule has 2 heterocycles. The predicted molar refractivity (Wildman–Crippen MR) is 70.4 cm³/mol. The number of pyridine rings is 1. The van der Waals surface area contributed by atoms with Gasteiger partial charge in [-0.3, -0.25) is 4.72 Å². The summed E-state index contributed by atoms with van der Waals surface area (Å²) in [5.74, 6) is 0.552. The van der Waals surface area contributed by atoms with E-state index in [0.29, 0.717) is 11.5 Å². The molecule has 1 N–H and O–H groups in total. The molecule has 0 spiro atoms. The summed E-state index contributed by atoms with van der Waals surface area (Å²) < 4.78 is 31.8. The molecule has 102 valence electrons. The molecule has 0 radical (unpaired) electrons. The number of nitrogens with one attached hydrogen (secondary N) is 1. The van der Waals surface area contributed by atoms with Crippen LogP contribution >= 0.6 is 0 Å². The molecule has 0 fully saturated rings. The van der Waals surface area contributed by atoms with Gasteiger partial charge in [0.1, 0.15) is 11.5 Å². The average Bonchev–Trinajstić information content (AvgIpc) is 2.69. The fraction of sp³-hybridized carbons (Fsp3) is 0.333. The summed E-state index contributed by atoms with van der Waals surface area (Å²) in [6.07, 6.45) is 2.38. The Labute approximate surface area is 111 Å². The maximum atomic E-state index is 12.3. The summed E-state index contributed by atoms with van der Waals surface area (Å²) in [6, 6.07) is 3.55. The van der Waals surface area contributed by atoms with Gasteiger partial charge >= 0.3 is 0 Å². The van der Waals surface area contributed by atoms with E-state index in [1.807, 2.05) is 13.0 Å². The maximum Gasteiger partial charge on any atom is 0.268 e. The van der Waals surface area contributed by atoms with Crippen molar-refractivity contribution in [2.75, 3.05) is 4.72 Å². The molecule has 2 rings (SSSR count). The quantitative estimate of drug-likeness (QED) is 0.927. The zero-order valence-electron chi connectivity index (χ0n) is 11.0. The normalized spacial score (nSPS) is 11.5. The van der Waals surface area contributed by atoms with E-state index in [9.17, 15) is 8.42 Å². The highest BCUT2D eigenvalue weighted by molar-refractivity contribution is 7.92. The van der Waals surface area contributed by atoms with Gasteiger partial charge < -0.3 is 4.52 Å². The molecule has 0 bridgehead atoms. The Kier molecular flexibility index (Phi) is 3.57. The first-order chi connectivity index (χ1) is 8.94. The predicted octanol–water partition coefficient (Wildman–Crippen LogP) is 2.05. The third-order valence-corrected chi connectivity index (χ3v) is 4.31. The van der Waals surface area contributed by atoms with E-state index in [-0.39, 0.29) is 10.7 Å². The van der Waals surface area contributed by atoms with Gasteiger partial charge in [-0.2, -0.15) is 0 Å². The van der Waals surface area contributed by atoms with Crippen LogP contribution in [0.1, 0.15) is 23.9 Å². The van der Waals surface area contributed by atoms with Gasteiger partial charge in [-0.1, -0.05) is 12.1 Å². The van der Waals surface area contributed by atoms with Crippen LogP contribution in [0.15, 0.2) is 27.7 Å². The fourth-order valence-corrected chi connectivity index (χ4v) is 3.13. The number of anilines is 1. The first-order valence-corrected chi connectivity index (χ1v) is 7.33. The van der Waals surface area contributed by atoms with Crippen LogP contribution in [0.2, 0.25) is 0 Å². The van der Waals surface area contributed by atoms with Crippen molar-refractivity contribution in [3.63, 3.8) is 0 Å². The zero-order valence-corrected chi connectivity index (χ0v) is 11.8. The van der Waals surface area contributed by atoms with Gasteiger partial charge in [-0.15, -0.1) is 0 Å². The highest BCUT2D eigenvalue weighted by Gasteiger charge is 2.24. The van der Waals surface area contributed by atoms with Crippen LogP contribution < -0.4 is 4.72 Å². The topological polar surface area (TPSA) is 85.1 Å². The van der Waals surface area contributed by atoms with E-state index >= 15 is 0 Å². The smallest absolute Gasteiger partial charge is 0.268 e. The Hall–Kier alpha value is -1.89. The molecule has 0 aliphatic carbocycles. The van der Waals surface area contributed by atoms with E-state index < -0.39 is 10.0 Å². The second-order valence-corrected chi connectivity index (χ2v) is 5.78. The molecular formula is C12H15N3O3S. The van der Waals surface area contributed by atoms with Crippen LogP contribution in [0.3, 0.4) is 0 Å². The Bertz CT molecular complexity index is 672. The van der Waals surface area contributed by atoms with Crippen LogP contribution in [-0.2, 0) is 16.4 Å². The summed E-state index contributed by atoms with van der Waals surface area (Å²) in [6.45, 7) is 5.13. The lowest BCUT2D eigenvalue weighted by Crippen LogP contribution is -2.15. The lowest BCUT2D eigenvalue weighted by Gasteiger charge is -2.07. The number of nitrogens with zero attached hydrogens (tertiary/aromatic N) is 2. The van der Waals surface area contributed by atoms with Gasteiger partial charge in [0.2, 0.25) is 0 Å². The summed E-state index contributed by atoms with van der Waals surface area (Å²) in [4.78, 5) is 4.07. The molecule has 19 heavy (non-hydrogen) atoms. The molecule has 0 saturated carbocycles. The molecule has 2 aromatic rings. The monoisotopic (exact) mass is 281 g/mol. The van der Waals surface area contributed by atoms with Crippen LogP contribution in [0.25, 0.3) is 0 Å². The highest BCUT2D eigenvalue weighted by Crippen LogP contribution is 2.21. The molecule has 0 aromatic carbocycles. The number of aryl methyl sites for hydroxylation is 3. The van der Waals surface area contributed by atoms with Gasteiger partial charge in [0, 0.05) is 6.20 Å². The van der Waals surface area contributed by atoms with Gasteiger partial charge in [-0.05, 0) is 38.0 Å². The second kappa shape index (κ2) is 5.00. The van der Waals surface area contributed by atoms with Gasteiger partial charge in [-0.25, -0.2) is 13.4 Å². The van der Waals surface area contributed by atoms with Crippen molar-refractivity contribution >= 4 is 15.8 Å². The molecule has 0 amide bonds. The first kappa shape index (κ1) is 13.5. The molecular weight excluding hydrogens is 266 g/mol. The Morgan fingerprint density at radius 2 is 2.11 bits per heavy atom. The van der Waals surface area contributed by atoms with E-state index in [2.05, 4.69) is 14.9 Å². The summed E-state index contributed by atoms with van der Waals surface area (Å²) in [5.41, 5.74) is 1.34. The Morgan fingerprint density at radius 1 is 1.37 bits per heavy atom. The Morgan fingerprint density at radius 3 is 2.68 bits per heavy atom. The lowest BCUT2D eigenvalue weighted by molar-refractivity contribution is 0.390. The molecule has 2 aromatic heterocycles. The molecule has 0 aliphatic heterocycles. The van der Waals surface area contributed by atoms with Crippen molar-refractivity contribution in [3.8, 4) is 0 Å². The fourth-order valence-electron chi connectivity index (χ4n) is 1.80. The molecule has 6 nitrogen and oxygen atoms in total. The van der Waals surface area contributed by atoms with E-state index in [4.69, 9.17) is 4.52 Å². The van der Waals surface area contributed by atoms with Crippen LogP contribution in [0.5, 0.6) is 0 Å². The second-order valence-electron chi connectivity index (χ2n) is 4.16. The van der Waals surface area contributed by atoms with E-state index in [0.717, 1.165) is 12.0 Å². The first-order valence-electron chi connectivity index (χ1n) is 5.84. The van der Waals surface area contributed by atoms with Crippen LogP contribution in [0.4, 0.5) is 5.82 Å². The van der Waals surface area contributed by atoms with Crippen LogP contribution in [0, 0.1) is 13.8 Å². The standard InChI is InChI=1S/C12H15N3O3S/c1-4-10-5-6-13-11(7-10)15-19(16,17)12-8(2)14-18-9(12)3/h5-7H,4H2,1-3H3,(H,13,15).